The minimum absolute atomic E-state index is 0.0568. The standard InChI is InChI=1S/C14H12ClFN2O6S2/c1-25(21,22)17-8-2-4-9(5-3-8)18-26(23,24)13-6-10(14(19)20)12(16)7-11(13)15/h2-7,17-18H,1H3,(H,19,20). The van der Waals surface area contributed by atoms with E-state index < -0.39 is 47.3 Å². The summed E-state index contributed by atoms with van der Waals surface area (Å²) in [5, 5.41) is 8.42. The smallest absolute Gasteiger partial charge is 0.338 e. The fourth-order valence-corrected chi connectivity index (χ4v) is 4.09. The summed E-state index contributed by atoms with van der Waals surface area (Å²) in [6.45, 7) is 0. The van der Waals surface area contributed by atoms with Crippen LogP contribution in [0.15, 0.2) is 41.3 Å². The van der Waals surface area contributed by atoms with Crippen molar-refractivity contribution in [2.75, 3.05) is 15.7 Å². The van der Waals surface area contributed by atoms with Crippen molar-refractivity contribution in [3.63, 3.8) is 0 Å². The highest BCUT2D eigenvalue weighted by atomic mass is 35.5. The molecule has 0 atom stereocenters. The van der Waals surface area contributed by atoms with E-state index in [2.05, 4.69) is 9.44 Å². The van der Waals surface area contributed by atoms with Crippen LogP contribution < -0.4 is 9.44 Å². The normalized spacial score (nSPS) is 11.8. The lowest BCUT2D eigenvalue weighted by Crippen LogP contribution is -2.15. The molecule has 140 valence electrons. The van der Waals surface area contributed by atoms with Gasteiger partial charge in [0.1, 0.15) is 10.7 Å². The van der Waals surface area contributed by atoms with Crippen LogP contribution in [0.1, 0.15) is 10.4 Å². The Morgan fingerprint density at radius 2 is 1.54 bits per heavy atom. The molecule has 0 aliphatic heterocycles. The zero-order valence-corrected chi connectivity index (χ0v) is 15.4. The Bertz CT molecular complexity index is 1070. The molecule has 0 bridgehead atoms. The van der Waals surface area contributed by atoms with E-state index in [1.807, 2.05) is 0 Å². The van der Waals surface area contributed by atoms with E-state index in [1.54, 1.807) is 0 Å². The van der Waals surface area contributed by atoms with Gasteiger partial charge in [0.15, 0.2) is 0 Å². The number of hydrogen-bond donors (Lipinski definition) is 3. The maximum atomic E-state index is 13.5. The second-order valence-electron chi connectivity index (χ2n) is 5.12. The van der Waals surface area contributed by atoms with Crippen LogP contribution in [0.3, 0.4) is 0 Å². The molecule has 2 aromatic rings. The van der Waals surface area contributed by atoms with Crippen LogP contribution in [0.5, 0.6) is 0 Å². The van der Waals surface area contributed by atoms with Gasteiger partial charge in [0.2, 0.25) is 10.0 Å². The fraction of sp³-hybridized carbons (Fsp3) is 0.0714. The molecule has 0 aliphatic rings. The van der Waals surface area contributed by atoms with Crippen LogP contribution in [-0.4, -0.2) is 34.2 Å². The first-order chi connectivity index (χ1) is 11.9. The lowest BCUT2D eigenvalue weighted by molar-refractivity contribution is 0.0691. The van der Waals surface area contributed by atoms with Crippen molar-refractivity contribution in [1.82, 2.24) is 0 Å². The number of anilines is 2. The quantitative estimate of drug-likeness (QED) is 0.655. The molecule has 0 heterocycles. The molecule has 0 aromatic heterocycles. The number of carbonyl (C=O) groups is 1. The molecule has 0 aliphatic carbocycles. The van der Waals surface area contributed by atoms with Crippen molar-refractivity contribution in [2.24, 2.45) is 0 Å². The monoisotopic (exact) mass is 422 g/mol. The number of carboxylic acids is 1. The summed E-state index contributed by atoms with van der Waals surface area (Å²) >= 11 is 5.73. The molecule has 0 radical (unpaired) electrons. The van der Waals surface area contributed by atoms with E-state index in [0.717, 1.165) is 6.26 Å². The van der Waals surface area contributed by atoms with E-state index in [-0.39, 0.29) is 11.4 Å². The second kappa shape index (κ2) is 7.09. The molecule has 26 heavy (non-hydrogen) atoms. The van der Waals surface area contributed by atoms with Gasteiger partial charge in [-0.2, -0.15) is 0 Å². The highest BCUT2D eigenvalue weighted by Crippen LogP contribution is 2.27. The van der Waals surface area contributed by atoms with Crippen LogP contribution >= 0.6 is 11.6 Å². The molecular weight excluding hydrogens is 411 g/mol. The Morgan fingerprint density at radius 3 is 2.00 bits per heavy atom. The average Bonchev–Trinajstić information content (AvgIpc) is 2.46. The molecule has 0 saturated carbocycles. The summed E-state index contributed by atoms with van der Waals surface area (Å²) in [5.74, 6) is -2.82. The van der Waals surface area contributed by atoms with Crippen molar-refractivity contribution in [3.05, 3.63) is 52.8 Å². The Kier molecular flexibility index (Phi) is 5.44. The van der Waals surface area contributed by atoms with E-state index in [9.17, 15) is 26.0 Å². The maximum absolute atomic E-state index is 13.5. The lowest BCUT2D eigenvalue weighted by atomic mass is 10.2. The maximum Gasteiger partial charge on any atom is 0.338 e. The minimum Gasteiger partial charge on any atom is -0.478 e. The molecule has 2 rings (SSSR count). The second-order valence-corrected chi connectivity index (χ2v) is 8.93. The number of rotatable bonds is 6. The number of benzene rings is 2. The number of carboxylic acid groups (broad SMARTS) is 1. The average molecular weight is 423 g/mol. The summed E-state index contributed by atoms with van der Waals surface area (Å²) < 4.78 is 65.0. The Balaban J connectivity index is 2.34. The molecule has 12 heteroatoms. The van der Waals surface area contributed by atoms with Crippen LogP contribution in [0.2, 0.25) is 5.02 Å². The third-order valence-corrected chi connectivity index (χ3v) is 5.43. The summed E-state index contributed by atoms with van der Waals surface area (Å²) in [7, 11) is -7.80. The van der Waals surface area contributed by atoms with Gasteiger partial charge >= 0.3 is 5.97 Å². The van der Waals surface area contributed by atoms with Gasteiger partial charge in [0.25, 0.3) is 10.0 Å². The van der Waals surface area contributed by atoms with Crippen molar-refractivity contribution in [2.45, 2.75) is 4.90 Å². The van der Waals surface area contributed by atoms with Crippen molar-refractivity contribution < 1.29 is 31.1 Å². The third kappa shape index (κ3) is 4.84. The predicted molar refractivity (Wildman–Crippen MR) is 94.1 cm³/mol. The Labute approximate surface area is 153 Å². The first kappa shape index (κ1) is 19.9. The first-order valence-electron chi connectivity index (χ1n) is 6.72. The number of aromatic carboxylic acids is 1. The molecule has 0 amide bonds. The van der Waals surface area contributed by atoms with E-state index in [0.29, 0.717) is 12.1 Å². The summed E-state index contributed by atoms with van der Waals surface area (Å²) in [4.78, 5) is 10.4. The van der Waals surface area contributed by atoms with E-state index in [1.165, 1.54) is 24.3 Å². The summed E-state index contributed by atoms with van der Waals surface area (Å²) in [6, 6.07) is 6.39. The minimum atomic E-state index is -4.32. The van der Waals surface area contributed by atoms with Gasteiger partial charge in [-0.15, -0.1) is 0 Å². The van der Waals surface area contributed by atoms with Gasteiger partial charge in [0, 0.05) is 11.4 Å². The number of nitrogens with one attached hydrogen (secondary N) is 2. The molecule has 0 spiro atoms. The van der Waals surface area contributed by atoms with Gasteiger partial charge < -0.3 is 5.11 Å². The Hall–Kier alpha value is -2.37. The Morgan fingerprint density at radius 1 is 1.04 bits per heavy atom. The van der Waals surface area contributed by atoms with Gasteiger partial charge in [-0.3, -0.25) is 9.44 Å². The van der Waals surface area contributed by atoms with Gasteiger partial charge in [-0.25, -0.2) is 26.0 Å². The molecule has 8 nitrogen and oxygen atoms in total. The molecule has 0 unspecified atom stereocenters. The first-order valence-corrected chi connectivity index (χ1v) is 10.5. The van der Waals surface area contributed by atoms with E-state index in [4.69, 9.17) is 16.7 Å². The topological polar surface area (TPSA) is 130 Å². The molecule has 3 N–H and O–H groups in total. The largest absolute Gasteiger partial charge is 0.478 e. The molecular formula is C14H12ClFN2O6S2. The van der Waals surface area contributed by atoms with Crippen LogP contribution in [-0.2, 0) is 20.0 Å². The number of hydrogen-bond acceptors (Lipinski definition) is 5. The van der Waals surface area contributed by atoms with Gasteiger partial charge in [0.05, 0.1) is 16.8 Å². The van der Waals surface area contributed by atoms with Gasteiger partial charge in [-0.1, -0.05) is 11.6 Å². The summed E-state index contributed by atoms with van der Waals surface area (Å²) in [6.07, 6.45) is 0.959. The number of sulfonamides is 2. The molecule has 0 fully saturated rings. The predicted octanol–water partition coefficient (Wildman–Crippen LogP) is 2.35. The third-order valence-electron chi connectivity index (χ3n) is 2.98. The van der Waals surface area contributed by atoms with Crippen LogP contribution in [0.25, 0.3) is 0 Å². The van der Waals surface area contributed by atoms with Crippen molar-refractivity contribution >= 4 is 49.0 Å². The number of halogens is 2. The highest BCUT2D eigenvalue weighted by Gasteiger charge is 2.23. The molecule has 0 saturated heterocycles. The van der Waals surface area contributed by atoms with E-state index >= 15 is 0 Å². The molecule has 2 aromatic carbocycles. The lowest BCUT2D eigenvalue weighted by Gasteiger charge is -2.11. The summed E-state index contributed by atoms with van der Waals surface area (Å²) in [5.41, 5.74) is -0.577. The van der Waals surface area contributed by atoms with Crippen molar-refractivity contribution in [3.8, 4) is 0 Å². The highest BCUT2D eigenvalue weighted by molar-refractivity contribution is 7.93. The zero-order valence-electron chi connectivity index (χ0n) is 13.0. The van der Waals surface area contributed by atoms with Crippen LogP contribution in [0, 0.1) is 5.82 Å². The van der Waals surface area contributed by atoms with Gasteiger partial charge in [-0.05, 0) is 36.4 Å². The fourth-order valence-electron chi connectivity index (χ4n) is 1.93. The zero-order chi connectivity index (χ0) is 19.7. The van der Waals surface area contributed by atoms with Crippen LogP contribution in [0.4, 0.5) is 15.8 Å². The SMILES string of the molecule is CS(=O)(=O)Nc1ccc(NS(=O)(=O)c2cc(C(=O)O)c(F)cc2Cl)cc1. The van der Waals surface area contributed by atoms with Crippen molar-refractivity contribution in [1.29, 1.82) is 0 Å².